The number of hydrogen-bond acceptors (Lipinski definition) is 5. The van der Waals surface area contributed by atoms with Gasteiger partial charge in [-0.15, -0.1) is 11.3 Å². The number of nitro groups is 1. The fourth-order valence-corrected chi connectivity index (χ4v) is 3.96. The predicted molar refractivity (Wildman–Crippen MR) is 104 cm³/mol. The van der Waals surface area contributed by atoms with Gasteiger partial charge in [0, 0.05) is 46.7 Å². The zero-order chi connectivity index (χ0) is 17.9. The summed E-state index contributed by atoms with van der Waals surface area (Å²) in [7, 11) is 0. The molecule has 7 heteroatoms. The van der Waals surface area contributed by atoms with E-state index < -0.39 is 4.92 Å². The number of H-pyrrole nitrogens is 1. The Labute approximate surface area is 153 Å². The fraction of sp³-hybridized carbons (Fsp3) is 0.105. The van der Waals surface area contributed by atoms with E-state index in [4.69, 9.17) is 0 Å². The summed E-state index contributed by atoms with van der Waals surface area (Å²) in [5.74, 6) is 0.353. The number of hydrogen-bond donors (Lipinski definition) is 2. The van der Waals surface area contributed by atoms with Gasteiger partial charge >= 0.3 is 5.69 Å². The first kappa shape index (κ1) is 16.3. The molecule has 0 bridgehead atoms. The van der Waals surface area contributed by atoms with Crippen molar-refractivity contribution in [1.29, 1.82) is 0 Å². The van der Waals surface area contributed by atoms with E-state index in [-0.39, 0.29) is 11.6 Å². The Kier molecular flexibility index (Phi) is 4.37. The van der Waals surface area contributed by atoms with Crippen LogP contribution in [0.5, 0.6) is 0 Å². The van der Waals surface area contributed by atoms with Crippen LogP contribution in [0.4, 0.5) is 11.5 Å². The summed E-state index contributed by atoms with van der Waals surface area (Å²) in [6, 6.07) is 15.3. The van der Waals surface area contributed by atoms with Crippen LogP contribution >= 0.6 is 11.3 Å². The van der Waals surface area contributed by atoms with Crippen LogP contribution in [-0.2, 0) is 0 Å². The first-order valence-electron chi connectivity index (χ1n) is 8.16. The predicted octanol–water partition coefficient (Wildman–Crippen LogP) is 4.78. The molecule has 0 aliphatic heterocycles. The molecule has 6 nitrogen and oxygen atoms in total. The number of fused-ring (bicyclic) bond motifs is 1. The third-order valence-corrected chi connectivity index (χ3v) is 5.33. The number of nitrogens with zero attached hydrogens (tertiary/aromatic N) is 2. The number of nitrogens with one attached hydrogen (secondary N) is 2. The normalized spacial score (nSPS) is 12.2. The molecule has 2 N–H and O–H groups in total. The van der Waals surface area contributed by atoms with Crippen LogP contribution in [-0.4, -0.2) is 21.4 Å². The first-order valence-corrected chi connectivity index (χ1v) is 9.04. The maximum atomic E-state index is 11.2. The highest BCUT2D eigenvalue weighted by molar-refractivity contribution is 7.10. The molecule has 4 aromatic rings. The Bertz CT molecular complexity index is 1040. The van der Waals surface area contributed by atoms with Gasteiger partial charge < -0.3 is 10.3 Å². The summed E-state index contributed by atoms with van der Waals surface area (Å²) in [6.07, 6.45) is 3.57. The minimum atomic E-state index is -0.416. The molecule has 0 amide bonds. The maximum Gasteiger partial charge on any atom is 0.311 e. The molecular weight excluding hydrogens is 348 g/mol. The highest BCUT2D eigenvalue weighted by Gasteiger charge is 2.21. The summed E-state index contributed by atoms with van der Waals surface area (Å²) < 4.78 is 0. The van der Waals surface area contributed by atoms with Crippen LogP contribution in [0.1, 0.15) is 16.4 Å². The van der Waals surface area contributed by atoms with Gasteiger partial charge in [-0.2, -0.15) is 0 Å². The third kappa shape index (κ3) is 3.04. The van der Waals surface area contributed by atoms with Gasteiger partial charge in [0.1, 0.15) is 0 Å². The van der Waals surface area contributed by atoms with E-state index in [1.807, 2.05) is 35.8 Å². The summed E-state index contributed by atoms with van der Waals surface area (Å²) in [4.78, 5) is 19.5. The number of aromatic amines is 1. The lowest BCUT2D eigenvalue weighted by Gasteiger charge is -2.16. The van der Waals surface area contributed by atoms with Gasteiger partial charge in [0.05, 0.1) is 4.92 Å². The fourth-order valence-electron chi connectivity index (χ4n) is 3.11. The van der Waals surface area contributed by atoms with Crippen LogP contribution in [0, 0.1) is 10.1 Å². The first-order chi connectivity index (χ1) is 12.7. The molecule has 3 heterocycles. The smallest absolute Gasteiger partial charge is 0.311 e. The Morgan fingerprint density at radius 3 is 2.88 bits per heavy atom. The number of aromatic nitrogens is 2. The Hall–Kier alpha value is -3.19. The summed E-state index contributed by atoms with van der Waals surface area (Å²) in [5, 5.41) is 17.6. The van der Waals surface area contributed by atoms with Gasteiger partial charge in [-0.25, -0.2) is 4.98 Å². The highest BCUT2D eigenvalue weighted by atomic mass is 32.1. The van der Waals surface area contributed by atoms with Gasteiger partial charge in [0.2, 0.25) is 5.82 Å². The lowest BCUT2D eigenvalue weighted by Crippen LogP contribution is -2.14. The molecule has 0 aliphatic rings. The molecule has 0 saturated carbocycles. The van der Waals surface area contributed by atoms with Crippen molar-refractivity contribution in [3.63, 3.8) is 0 Å². The standard InChI is InChI=1S/C19H16N4O2S/c24-23(25)17-7-3-9-20-19(17)22-12-15(18-8-4-10-26-18)14-11-21-16-6-2-1-5-13(14)16/h1-11,15,21H,12H2,(H,20,22)/t15-/m1/s1. The van der Waals surface area contributed by atoms with E-state index >= 15 is 0 Å². The Morgan fingerprint density at radius 2 is 2.08 bits per heavy atom. The van der Waals surface area contributed by atoms with Gasteiger partial charge in [0.25, 0.3) is 0 Å². The van der Waals surface area contributed by atoms with Crippen molar-refractivity contribution < 1.29 is 4.92 Å². The molecule has 0 aliphatic carbocycles. The molecule has 0 unspecified atom stereocenters. The molecule has 0 fully saturated rings. The van der Waals surface area contributed by atoms with Gasteiger partial charge in [-0.3, -0.25) is 10.1 Å². The largest absolute Gasteiger partial charge is 0.363 e. The molecule has 130 valence electrons. The second-order valence-corrected chi connectivity index (χ2v) is 6.85. The molecule has 0 radical (unpaired) electrons. The third-order valence-electron chi connectivity index (χ3n) is 4.34. The zero-order valence-corrected chi connectivity index (χ0v) is 14.6. The Morgan fingerprint density at radius 1 is 1.19 bits per heavy atom. The summed E-state index contributed by atoms with van der Waals surface area (Å²) >= 11 is 1.68. The van der Waals surface area contributed by atoms with Crippen molar-refractivity contribution in [1.82, 2.24) is 9.97 Å². The van der Waals surface area contributed by atoms with Gasteiger partial charge in [-0.1, -0.05) is 24.3 Å². The molecular formula is C19H16N4O2S. The van der Waals surface area contributed by atoms with Gasteiger partial charge in [-0.05, 0) is 29.1 Å². The van der Waals surface area contributed by atoms with E-state index in [9.17, 15) is 10.1 Å². The molecule has 0 spiro atoms. The van der Waals surface area contributed by atoms with Crippen LogP contribution in [0.15, 0.2) is 66.3 Å². The minimum absolute atomic E-state index is 0.0173. The van der Waals surface area contributed by atoms with Gasteiger partial charge in [0.15, 0.2) is 0 Å². The molecule has 3 aromatic heterocycles. The number of anilines is 1. The maximum absolute atomic E-state index is 11.2. The highest BCUT2D eigenvalue weighted by Crippen LogP contribution is 2.34. The van der Waals surface area contributed by atoms with Crippen LogP contribution in [0.25, 0.3) is 10.9 Å². The van der Waals surface area contributed by atoms with Crippen molar-refractivity contribution in [2.45, 2.75) is 5.92 Å². The monoisotopic (exact) mass is 364 g/mol. The number of benzene rings is 1. The molecule has 1 atom stereocenters. The van der Waals surface area contributed by atoms with Crippen molar-refractivity contribution in [3.05, 3.63) is 86.9 Å². The van der Waals surface area contributed by atoms with Crippen molar-refractivity contribution in [3.8, 4) is 0 Å². The molecule has 26 heavy (non-hydrogen) atoms. The van der Waals surface area contributed by atoms with Crippen molar-refractivity contribution >= 4 is 33.7 Å². The number of rotatable bonds is 6. The average Bonchev–Trinajstić information content (AvgIpc) is 3.33. The van der Waals surface area contributed by atoms with E-state index in [1.165, 1.54) is 10.9 Å². The SMILES string of the molecule is O=[N+]([O-])c1cccnc1NC[C@@H](c1cccs1)c1c[nH]c2ccccc12. The summed E-state index contributed by atoms with van der Waals surface area (Å²) in [6.45, 7) is 0.514. The zero-order valence-electron chi connectivity index (χ0n) is 13.8. The molecule has 4 rings (SSSR count). The van der Waals surface area contributed by atoms with E-state index in [2.05, 4.69) is 27.4 Å². The van der Waals surface area contributed by atoms with Crippen LogP contribution in [0.3, 0.4) is 0 Å². The van der Waals surface area contributed by atoms with E-state index in [0.29, 0.717) is 12.4 Å². The van der Waals surface area contributed by atoms with Crippen molar-refractivity contribution in [2.75, 3.05) is 11.9 Å². The molecule has 0 saturated heterocycles. The lowest BCUT2D eigenvalue weighted by atomic mass is 9.96. The topological polar surface area (TPSA) is 83.8 Å². The van der Waals surface area contributed by atoms with Crippen LogP contribution < -0.4 is 5.32 Å². The minimum Gasteiger partial charge on any atom is -0.363 e. The summed E-state index contributed by atoms with van der Waals surface area (Å²) in [5.41, 5.74) is 2.22. The number of thiophene rings is 1. The second kappa shape index (κ2) is 6.97. The quantitative estimate of drug-likeness (QED) is 0.381. The van der Waals surface area contributed by atoms with E-state index in [1.54, 1.807) is 23.6 Å². The lowest BCUT2D eigenvalue weighted by molar-refractivity contribution is -0.384. The van der Waals surface area contributed by atoms with E-state index in [0.717, 1.165) is 16.5 Å². The second-order valence-electron chi connectivity index (χ2n) is 5.87. The van der Waals surface area contributed by atoms with Crippen LogP contribution in [0.2, 0.25) is 0 Å². The Balaban J connectivity index is 1.69. The average molecular weight is 364 g/mol. The number of pyridine rings is 1. The van der Waals surface area contributed by atoms with Crippen molar-refractivity contribution in [2.24, 2.45) is 0 Å². The number of para-hydroxylation sites is 1. The molecule has 1 aromatic carbocycles.